The van der Waals surface area contributed by atoms with E-state index >= 15 is 0 Å². The summed E-state index contributed by atoms with van der Waals surface area (Å²) in [5, 5.41) is 8.11. The molecule has 4 nitrogen and oxygen atoms in total. The van der Waals surface area contributed by atoms with Crippen LogP contribution in [0, 0.1) is 6.92 Å². The number of aryl methyl sites for hydroxylation is 1. The number of thiophene rings is 1. The zero-order chi connectivity index (χ0) is 12.8. The van der Waals surface area contributed by atoms with E-state index in [4.69, 9.17) is 5.10 Å². The second kappa shape index (κ2) is 4.15. The molecule has 1 aliphatic rings. The lowest BCUT2D eigenvalue weighted by atomic mass is 10.1. The third kappa shape index (κ3) is 1.77. The topological polar surface area (TPSA) is 42.2 Å². The standard InChI is InChI=1S/C14H14N4S/c1-9-2-3-13(19-9)11-6-14-16-8-10-7-15-5-4-12(10)18(14)17-11/h2-3,6,8,15H,4-5,7H2,1H3. The largest absolute Gasteiger partial charge is 0.312 e. The minimum absolute atomic E-state index is 0.894. The lowest BCUT2D eigenvalue weighted by molar-refractivity contribution is 0.610. The van der Waals surface area contributed by atoms with Crippen molar-refractivity contribution in [3.63, 3.8) is 0 Å². The molecule has 1 N–H and O–H groups in total. The van der Waals surface area contributed by atoms with Crippen molar-refractivity contribution in [2.24, 2.45) is 0 Å². The Morgan fingerprint density at radius 3 is 3.16 bits per heavy atom. The normalized spacial score (nSPS) is 14.8. The average Bonchev–Trinajstić information content (AvgIpc) is 3.04. The van der Waals surface area contributed by atoms with Crippen molar-refractivity contribution in [1.29, 1.82) is 0 Å². The molecular weight excluding hydrogens is 256 g/mol. The molecule has 0 radical (unpaired) electrons. The number of nitrogens with one attached hydrogen (secondary N) is 1. The molecule has 0 unspecified atom stereocenters. The van der Waals surface area contributed by atoms with Gasteiger partial charge in [0.2, 0.25) is 0 Å². The number of hydrogen-bond donors (Lipinski definition) is 1. The lowest BCUT2D eigenvalue weighted by Crippen LogP contribution is -2.26. The van der Waals surface area contributed by atoms with Crippen molar-refractivity contribution >= 4 is 17.0 Å². The van der Waals surface area contributed by atoms with E-state index in [1.807, 2.05) is 10.7 Å². The van der Waals surface area contributed by atoms with Crippen molar-refractivity contribution in [2.45, 2.75) is 19.9 Å². The van der Waals surface area contributed by atoms with E-state index in [1.165, 1.54) is 21.0 Å². The van der Waals surface area contributed by atoms with Gasteiger partial charge in [-0.3, -0.25) is 0 Å². The van der Waals surface area contributed by atoms with Crippen molar-refractivity contribution in [3.05, 3.63) is 40.5 Å². The van der Waals surface area contributed by atoms with Gasteiger partial charge >= 0.3 is 0 Å². The molecule has 5 heteroatoms. The van der Waals surface area contributed by atoms with Crippen LogP contribution >= 0.6 is 11.3 Å². The highest BCUT2D eigenvalue weighted by molar-refractivity contribution is 7.15. The highest BCUT2D eigenvalue weighted by Crippen LogP contribution is 2.28. The third-order valence-corrected chi connectivity index (χ3v) is 4.54. The molecule has 0 fully saturated rings. The molecule has 0 amide bonds. The van der Waals surface area contributed by atoms with Gasteiger partial charge in [0.15, 0.2) is 5.65 Å². The molecule has 0 atom stereocenters. The summed E-state index contributed by atoms with van der Waals surface area (Å²) in [5.41, 5.74) is 4.53. The maximum atomic E-state index is 4.75. The van der Waals surface area contributed by atoms with Gasteiger partial charge in [0.1, 0.15) is 5.69 Å². The molecule has 3 aromatic rings. The first kappa shape index (κ1) is 11.1. The Labute approximate surface area is 115 Å². The quantitative estimate of drug-likeness (QED) is 0.738. The molecule has 0 spiro atoms. The van der Waals surface area contributed by atoms with E-state index < -0.39 is 0 Å². The van der Waals surface area contributed by atoms with Gasteiger partial charge in [-0.05, 0) is 19.1 Å². The monoisotopic (exact) mass is 270 g/mol. The fourth-order valence-electron chi connectivity index (χ4n) is 2.55. The second-order valence-corrected chi connectivity index (χ2v) is 6.15. The van der Waals surface area contributed by atoms with Crippen molar-refractivity contribution in [2.75, 3.05) is 6.54 Å². The van der Waals surface area contributed by atoms with E-state index in [9.17, 15) is 0 Å². The summed E-state index contributed by atoms with van der Waals surface area (Å²) < 4.78 is 2.01. The van der Waals surface area contributed by atoms with Gasteiger partial charge in [-0.1, -0.05) is 0 Å². The Kier molecular flexibility index (Phi) is 2.43. The first-order chi connectivity index (χ1) is 9.31. The van der Waals surface area contributed by atoms with E-state index in [0.29, 0.717) is 0 Å². The second-order valence-electron chi connectivity index (χ2n) is 4.87. The SMILES string of the molecule is Cc1ccc(-c2cc3ncc4c(n3n2)CCNC4)s1. The van der Waals surface area contributed by atoms with E-state index in [1.54, 1.807) is 11.3 Å². The summed E-state index contributed by atoms with van der Waals surface area (Å²) in [6.45, 7) is 4.03. The first-order valence-corrected chi connectivity index (χ1v) is 7.27. The predicted octanol–water partition coefficient (Wildman–Crippen LogP) is 2.41. The molecule has 3 aromatic heterocycles. The molecule has 4 heterocycles. The van der Waals surface area contributed by atoms with Crippen LogP contribution in [0.25, 0.3) is 16.2 Å². The van der Waals surface area contributed by atoms with Crippen LogP contribution in [0.15, 0.2) is 24.4 Å². The van der Waals surface area contributed by atoms with Crippen LogP contribution in [0.3, 0.4) is 0 Å². The van der Waals surface area contributed by atoms with E-state index in [-0.39, 0.29) is 0 Å². The van der Waals surface area contributed by atoms with Crippen LogP contribution in [0.2, 0.25) is 0 Å². The molecule has 0 saturated carbocycles. The van der Waals surface area contributed by atoms with Crippen LogP contribution in [0.5, 0.6) is 0 Å². The minimum Gasteiger partial charge on any atom is -0.312 e. The highest BCUT2D eigenvalue weighted by atomic mass is 32.1. The lowest BCUT2D eigenvalue weighted by Gasteiger charge is -2.16. The third-order valence-electron chi connectivity index (χ3n) is 3.52. The molecule has 0 aliphatic carbocycles. The highest BCUT2D eigenvalue weighted by Gasteiger charge is 2.15. The Hall–Kier alpha value is -1.72. The van der Waals surface area contributed by atoms with Crippen LogP contribution in [0.4, 0.5) is 0 Å². The summed E-state index contributed by atoms with van der Waals surface area (Å²) in [5.74, 6) is 0. The molecule has 96 valence electrons. The number of hydrogen-bond acceptors (Lipinski definition) is 4. The van der Waals surface area contributed by atoms with Crippen molar-refractivity contribution < 1.29 is 0 Å². The maximum Gasteiger partial charge on any atom is 0.155 e. The van der Waals surface area contributed by atoms with Gasteiger partial charge in [0, 0.05) is 42.2 Å². The molecule has 1 aliphatic heterocycles. The zero-order valence-electron chi connectivity index (χ0n) is 10.7. The molecule has 0 saturated heterocycles. The number of rotatable bonds is 1. The van der Waals surface area contributed by atoms with Gasteiger partial charge in [-0.15, -0.1) is 11.3 Å². The minimum atomic E-state index is 0.894. The van der Waals surface area contributed by atoms with Crippen molar-refractivity contribution in [3.8, 4) is 10.6 Å². The molecule has 4 rings (SSSR count). The summed E-state index contributed by atoms with van der Waals surface area (Å²) in [4.78, 5) is 7.04. The van der Waals surface area contributed by atoms with E-state index in [2.05, 4.69) is 35.4 Å². The molecule has 0 aromatic carbocycles. The fourth-order valence-corrected chi connectivity index (χ4v) is 3.38. The Morgan fingerprint density at radius 2 is 2.32 bits per heavy atom. The number of nitrogens with zero attached hydrogens (tertiary/aromatic N) is 3. The predicted molar refractivity (Wildman–Crippen MR) is 76.4 cm³/mol. The number of fused-ring (bicyclic) bond motifs is 3. The molecule has 0 bridgehead atoms. The average molecular weight is 270 g/mol. The number of aromatic nitrogens is 3. The Morgan fingerprint density at radius 1 is 1.37 bits per heavy atom. The van der Waals surface area contributed by atoms with Gasteiger partial charge in [-0.25, -0.2) is 9.50 Å². The summed E-state index contributed by atoms with van der Waals surface area (Å²) in [6, 6.07) is 6.35. The zero-order valence-corrected chi connectivity index (χ0v) is 11.5. The van der Waals surface area contributed by atoms with Gasteiger partial charge in [0.25, 0.3) is 0 Å². The Balaban J connectivity index is 1.91. The van der Waals surface area contributed by atoms with Gasteiger partial charge < -0.3 is 5.32 Å². The first-order valence-electron chi connectivity index (χ1n) is 6.45. The fraction of sp³-hybridized carbons (Fsp3) is 0.286. The Bertz CT molecular complexity index is 756. The van der Waals surface area contributed by atoms with Crippen LogP contribution < -0.4 is 5.32 Å². The summed E-state index contributed by atoms with van der Waals surface area (Å²) in [7, 11) is 0. The molecule has 19 heavy (non-hydrogen) atoms. The maximum absolute atomic E-state index is 4.75. The molecular formula is C14H14N4S. The van der Waals surface area contributed by atoms with Gasteiger partial charge in [0.05, 0.1) is 10.6 Å². The summed E-state index contributed by atoms with van der Waals surface area (Å²) >= 11 is 1.78. The van der Waals surface area contributed by atoms with Crippen LogP contribution in [-0.2, 0) is 13.0 Å². The van der Waals surface area contributed by atoms with Crippen LogP contribution in [0.1, 0.15) is 16.1 Å². The smallest absolute Gasteiger partial charge is 0.155 e. The van der Waals surface area contributed by atoms with Crippen LogP contribution in [-0.4, -0.2) is 21.1 Å². The summed E-state index contributed by atoms with van der Waals surface area (Å²) in [6.07, 6.45) is 2.99. The van der Waals surface area contributed by atoms with E-state index in [0.717, 1.165) is 30.9 Å². The van der Waals surface area contributed by atoms with Crippen molar-refractivity contribution in [1.82, 2.24) is 19.9 Å². The van der Waals surface area contributed by atoms with Gasteiger partial charge in [-0.2, -0.15) is 5.10 Å².